The van der Waals surface area contributed by atoms with Gasteiger partial charge in [-0.05, 0) is 69.1 Å². The van der Waals surface area contributed by atoms with Crippen molar-refractivity contribution in [1.82, 2.24) is 0 Å². The monoisotopic (exact) mass is 357 g/mol. The number of hydrogen-bond donors (Lipinski definition) is 0. The van der Waals surface area contributed by atoms with E-state index in [9.17, 15) is 0 Å². The fourth-order valence-electron chi connectivity index (χ4n) is 5.12. The third-order valence-electron chi connectivity index (χ3n) is 7.11. The van der Waals surface area contributed by atoms with E-state index in [1.807, 2.05) is 0 Å². The molecule has 0 bridgehead atoms. The molecule has 0 atom stereocenters. The smallest absolute Gasteiger partial charge is 0.0655 e. The van der Waals surface area contributed by atoms with Crippen LogP contribution < -0.4 is 0 Å². The first-order valence-corrected chi connectivity index (χ1v) is 11.9. The molecule has 0 saturated heterocycles. The van der Waals surface area contributed by atoms with E-state index in [1.165, 1.54) is 109 Å². The first-order valence-electron chi connectivity index (χ1n) is 11.9. The lowest BCUT2D eigenvalue weighted by molar-refractivity contribution is 0.223. The van der Waals surface area contributed by atoms with Gasteiger partial charge in [-0.3, -0.25) is 0 Å². The van der Waals surface area contributed by atoms with Crippen LogP contribution in [0.3, 0.4) is 0 Å². The van der Waals surface area contributed by atoms with Crippen molar-refractivity contribution in [2.24, 2.45) is 23.7 Å². The molecule has 2 aliphatic carbocycles. The zero-order valence-corrected chi connectivity index (χ0v) is 17.4. The molecule has 0 amide bonds. The van der Waals surface area contributed by atoms with Crippen LogP contribution in [0.4, 0.5) is 0 Å². The van der Waals surface area contributed by atoms with Gasteiger partial charge in [-0.25, -0.2) is 0 Å². The van der Waals surface area contributed by atoms with Crippen molar-refractivity contribution < 1.29 is 0 Å². The maximum absolute atomic E-state index is 9.02. The molecule has 2 fully saturated rings. The zero-order valence-electron chi connectivity index (χ0n) is 17.4. The summed E-state index contributed by atoms with van der Waals surface area (Å²) in [6.07, 6.45) is 28.3. The van der Waals surface area contributed by atoms with Crippen LogP contribution in [-0.4, -0.2) is 0 Å². The van der Waals surface area contributed by atoms with E-state index in [0.717, 1.165) is 17.8 Å². The molecule has 0 N–H and O–H groups in total. The van der Waals surface area contributed by atoms with Crippen LogP contribution in [0, 0.1) is 35.0 Å². The predicted molar refractivity (Wildman–Crippen MR) is 113 cm³/mol. The lowest BCUT2D eigenvalue weighted by atomic mass is 9.75. The largest absolute Gasteiger partial charge is 0.198 e. The molecule has 0 aromatic rings. The summed E-state index contributed by atoms with van der Waals surface area (Å²) in [6, 6.07) is 2.47. The standard InChI is InChI=1S/C25H43N/c1-2-3-4-5-6-7-8-9-10-22-11-13-23(14-12-22)15-16-24-17-19-25(21-26)20-18-24/h7-8,22-25H,2-6,9-20H2,1H3/b8-7+. The van der Waals surface area contributed by atoms with Crippen molar-refractivity contribution in [3.8, 4) is 6.07 Å². The first-order chi connectivity index (χ1) is 12.8. The SMILES string of the molecule is CCCCCC/C=C/CCC1CCC(CCC2CCC(C#N)CC2)CC1. The maximum atomic E-state index is 9.02. The van der Waals surface area contributed by atoms with Gasteiger partial charge in [0.15, 0.2) is 0 Å². The molecular formula is C25H43N. The van der Waals surface area contributed by atoms with E-state index < -0.39 is 0 Å². The van der Waals surface area contributed by atoms with E-state index in [1.54, 1.807) is 0 Å². The van der Waals surface area contributed by atoms with Gasteiger partial charge >= 0.3 is 0 Å². The van der Waals surface area contributed by atoms with Crippen molar-refractivity contribution >= 4 is 0 Å². The Kier molecular flexibility index (Phi) is 11.1. The minimum absolute atomic E-state index is 0.368. The van der Waals surface area contributed by atoms with Crippen molar-refractivity contribution in [1.29, 1.82) is 5.26 Å². The third-order valence-corrected chi connectivity index (χ3v) is 7.11. The minimum atomic E-state index is 0.368. The second kappa shape index (κ2) is 13.4. The van der Waals surface area contributed by atoms with Gasteiger partial charge in [-0.1, -0.05) is 76.9 Å². The number of hydrogen-bond acceptors (Lipinski definition) is 1. The minimum Gasteiger partial charge on any atom is -0.198 e. The first kappa shape index (κ1) is 21.5. The fraction of sp³-hybridized carbons (Fsp3) is 0.880. The van der Waals surface area contributed by atoms with Crippen molar-refractivity contribution in [2.75, 3.05) is 0 Å². The van der Waals surface area contributed by atoms with Crippen LogP contribution in [0.2, 0.25) is 0 Å². The summed E-state index contributed by atoms with van der Waals surface area (Å²) in [5.74, 6) is 3.31. The molecule has 0 aromatic heterocycles. The molecule has 2 rings (SSSR count). The Bertz CT molecular complexity index is 402. The Morgan fingerprint density at radius 3 is 1.81 bits per heavy atom. The quantitative estimate of drug-likeness (QED) is 0.270. The van der Waals surface area contributed by atoms with Crippen molar-refractivity contribution in [2.45, 2.75) is 116 Å². The number of nitriles is 1. The van der Waals surface area contributed by atoms with E-state index >= 15 is 0 Å². The van der Waals surface area contributed by atoms with Crippen LogP contribution in [0.1, 0.15) is 116 Å². The van der Waals surface area contributed by atoms with Gasteiger partial charge in [-0.15, -0.1) is 0 Å². The number of nitrogens with zero attached hydrogens (tertiary/aromatic N) is 1. The molecule has 0 radical (unpaired) electrons. The number of unbranched alkanes of at least 4 members (excludes halogenated alkanes) is 4. The summed E-state index contributed by atoms with van der Waals surface area (Å²) >= 11 is 0. The molecule has 0 aromatic carbocycles. The van der Waals surface area contributed by atoms with Gasteiger partial charge in [0.25, 0.3) is 0 Å². The summed E-state index contributed by atoms with van der Waals surface area (Å²) < 4.78 is 0. The lowest BCUT2D eigenvalue weighted by Gasteiger charge is -2.30. The predicted octanol–water partition coefficient (Wildman–Crippen LogP) is 8.21. The van der Waals surface area contributed by atoms with Gasteiger partial charge in [0.2, 0.25) is 0 Å². The topological polar surface area (TPSA) is 23.8 Å². The van der Waals surface area contributed by atoms with Gasteiger partial charge in [0.05, 0.1) is 6.07 Å². The Labute approximate surface area is 163 Å². The van der Waals surface area contributed by atoms with Crippen LogP contribution in [0.15, 0.2) is 12.2 Å². The van der Waals surface area contributed by atoms with Crippen LogP contribution in [0.25, 0.3) is 0 Å². The highest BCUT2D eigenvalue weighted by Crippen LogP contribution is 2.37. The average Bonchev–Trinajstić information content (AvgIpc) is 2.69. The molecule has 0 heterocycles. The zero-order chi connectivity index (χ0) is 18.5. The molecule has 0 unspecified atom stereocenters. The Morgan fingerprint density at radius 1 is 0.692 bits per heavy atom. The second-order valence-electron chi connectivity index (χ2n) is 9.21. The summed E-state index contributed by atoms with van der Waals surface area (Å²) in [4.78, 5) is 0. The summed E-state index contributed by atoms with van der Waals surface area (Å²) in [7, 11) is 0. The molecule has 1 heteroatoms. The van der Waals surface area contributed by atoms with E-state index in [2.05, 4.69) is 25.1 Å². The summed E-state index contributed by atoms with van der Waals surface area (Å²) in [5.41, 5.74) is 0. The third kappa shape index (κ3) is 8.75. The van der Waals surface area contributed by atoms with Crippen LogP contribution in [-0.2, 0) is 0 Å². The highest BCUT2D eigenvalue weighted by molar-refractivity contribution is 4.87. The van der Waals surface area contributed by atoms with Gasteiger partial charge in [0, 0.05) is 5.92 Å². The Balaban J connectivity index is 1.46. The molecule has 2 aliphatic rings. The van der Waals surface area contributed by atoms with E-state index in [4.69, 9.17) is 5.26 Å². The molecule has 2 saturated carbocycles. The van der Waals surface area contributed by atoms with Gasteiger partial charge < -0.3 is 0 Å². The molecule has 148 valence electrons. The van der Waals surface area contributed by atoms with Crippen LogP contribution >= 0.6 is 0 Å². The average molecular weight is 358 g/mol. The summed E-state index contributed by atoms with van der Waals surface area (Å²) in [5, 5.41) is 9.02. The molecular weight excluding hydrogens is 314 g/mol. The van der Waals surface area contributed by atoms with E-state index in [0.29, 0.717) is 5.92 Å². The van der Waals surface area contributed by atoms with Gasteiger partial charge in [-0.2, -0.15) is 5.26 Å². The number of allylic oxidation sites excluding steroid dienone is 2. The fourth-order valence-corrected chi connectivity index (χ4v) is 5.12. The second-order valence-corrected chi connectivity index (χ2v) is 9.21. The molecule has 0 aliphatic heterocycles. The Morgan fingerprint density at radius 2 is 1.23 bits per heavy atom. The van der Waals surface area contributed by atoms with E-state index in [-0.39, 0.29) is 0 Å². The lowest BCUT2D eigenvalue weighted by Crippen LogP contribution is -2.17. The highest BCUT2D eigenvalue weighted by atomic mass is 14.3. The summed E-state index contributed by atoms with van der Waals surface area (Å²) in [6.45, 7) is 2.28. The number of rotatable bonds is 11. The normalized spacial score (nSPS) is 29.7. The van der Waals surface area contributed by atoms with Gasteiger partial charge in [0.1, 0.15) is 0 Å². The van der Waals surface area contributed by atoms with Crippen molar-refractivity contribution in [3.05, 3.63) is 12.2 Å². The highest BCUT2D eigenvalue weighted by Gasteiger charge is 2.24. The van der Waals surface area contributed by atoms with Crippen molar-refractivity contribution in [3.63, 3.8) is 0 Å². The van der Waals surface area contributed by atoms with Crippen LogP contribution in [0.5, 0.6) is 0 Å². The Hall–Kier alpha value is -0.770. The maximum Gasteiger partial charge on any atom is 0.0655 e. The molecule has 1 nitrogen and oxygen atoms in total. The molecule has 0 spiro atoms. The molecule has 26 heavy (non-hydrogen) atoms.